The molecule has 0 unspecified atom stereocenters. The van der Waals surface area contributed by atoms with E-state index in [4.69, 9.17) is 4.84 Å². The Labute approximate surface area is 74.4 Å². The maximum absolute atomic E-state index is 5.32. The average Bonchev–Trinajstić information content (AvgIpc) is 2.30. The van der Waals surface area contributed by atoms with Crippen LogP contribution in [0.3, 0.4) is 0 Å². The summed E-state index contributed by atoms with van der Waals surface area (Å²) in [5.74, 6) is 0. The van der Waals surface area contributed by atoms with Gasteiger partial charge in [-0.25, -0.2) is 0 Å². The number of nitrogens with zero attached hydrogens (tertiary/aromatic N) is 2. The van der Waals surface area contributed by atoms with E-state index in [9.17, 15) is 0 Å². The fraction of sp³-hybridized carbons (Fsp3) is 0.889. The highest BCUT2D eigenvalue weighted by Gasteiger charge is 2.16. The summed E-state index contributed by atoms with van der Waals surface area (Å²) in [5, 5.41) is 4.12. The van der Waals surface area contributed by atoms with E-state index in [0.717, 1.165) is 25.2 Å². The summed E-state index contributed by atoms with van der Waals surface area (Å²) in [7, 11) is 2.10. The lowest BCUT2D eigenvalue weighted by Crippen LogP contribution is -2.18. The number of hydrogen-bond donors (Lipinski definition) is 0. The molecule has 0 atom stereocenters. The summed E-state index contributed by atoms with van der Waals surface area (Å²) in [4.78, 5) is 7.56. The van der Waals surface area contributed by atoms with E-state index in [1.54, 1.807) is 0 Å². The smallest absolute Gasteiger partial charge is 0.129 e. The Kier molecular flexibility index (Phi) is 2.73. The van der Waals surface area contributed by atoms with Crippen molar-refractivity contribution >= 4 is 5.71 Å². The van der Waals surface area contributed by atoms with Crippen LogP contribution in [-0.2, 0) is 4.84 Å². The number of oxime groups is 1. The van der Waals surface area contributed by atoms with E-state index in [-0.39, 0.29) is 5.60 Å². The second-order valence-corrected chi connectivity index (χ2v) is 4.35. The standard InChI is InChI=1S/C9H18N2O/c1-9(2,3)12-10-8-5-6-11(4)7-8/h5-7H2,1-4H3. The Hall–Kier alpha value is -0.570. The molecule has 1 rings (SSSR count). The van der Waals surface area contributed by atoms with Crippen LogP contribution in [-0.4, -0.2) is 36.3 Å². The van der Waals surface area contributed by atoms with Crippen molar-refractivity contribution in [1.82, 2.24) is 4.90 Å². The molecule has 0 aromatic heterocycles. The lowest BCUT2D eigenvalue weighted by Gasteiger charge is -2.15. The maximum atomic E-state index is 5.32. The van der Waals surface area contributed by atoms with Crippen LogP contribution >= 0.6 is 0 Å². The Morgan fingerprint density at radius 2 is 2.08 bits per heavy atom. The SMILES string of the molecule is CN1CCC(=NOC(C)(C)C)C1. The molecule has 1 aliphatic heterocycles. The van der Waals surface area contributed by atoms with Crippen LogP contribution in [0.1, 0.15) is 27.2 Å². The highest BCUT2D eigenvalue weighted by atomic mass is 16.6. The third-order valence-electron chi connectivity index (χ3n) is 1.68. The molecule has 12 heavy (non-hydrogen) atoms. The van der Waals surface area contributed by atoms with Crippen LogP contribution in [0.5, 0.6) is 0 Å². The van der Waals surface area contributed by atoms with Gasteiger partial charge < -0.3 is 9.74 Å². The van der Waals surface area contributed by atoms with Gasteiger partial charge in [-0.2, -0.15) is 0 Å². The Morgan fingerprint density at radius 1 is 1.42 bits per heavy atom. The summed E-state index contributed by atoms with van der Waals surface area (Å²) in [6.45, 7) is 8.09. The summed E-state index contributed by atoms with van der Waals surface area (Å²) in [6, 6.07) is 0. The Balaban J connectivity index is 2.38. The van der Waals surface area contributed by atoms with Gasteiger partial charge in [0.25, 0.3) is 0 Å². The topological polar surface area (TPSA) is 24.8 Å². The van der Waals surface area contributed by atoms with Crippen molar-refractivity contribution in [2.75, 3.05) is 20.1 Å². The molecule has 1 fully saturated rings. The lowest BCUT2D eigenvalue weighted by atomic mass is 10.2. The van der Waals surface area contributed by atoms with Crippen LogP contribution in [0.15, 0.2) is 5.16 Å². The first-order chi connectivity index (χ1) is 5.47. The maximum Gasteiger partial charge on any atom is 0.129 e. The van der Waals surface area contributed by atoms with Crippen LogP contribution < -0.4 is 0 Å². The van der Waals surface area contributed by atoms with Crippen molar-refractivity contribution in [2.24, 2.45) is 5.16 Å². The van der Waals surface area contributed by atoms with Gasteiger partial charge in [-0.3, -0.25) is 0 Å². The van der Waals surface area contributed by atoms with Crippen LogP contribution in [0.25, 0.3) is 0 Å². The number of rotatable bonds is 1. The molecule has 1 heterocycles. The van der Waals surface area contributed by atoms with Gasteiger partial charge in [0.05, 0.1) is 5.71 Å². The molecule has 3 heteroatoms. The molecule has 1 aliphatic rings. The largest absolute Gasteiger partial charge is 0.390 e. The monoisotopic (exact) mass is 170 g/mol. The molecule has 3 nitrogen and oxygen atoms in total. The molecule has 0 spiro atoms. The second-order valence-electron chi connectivity index (χ2n) is 4.35. The fourth-order valence-corrected chi connectivity index (χ4v) is 1.07. The predicted molar refractivity (Wildman–Crippen MR) is 50.4 cm³/mol. The van der Waals surface area contributed by atoms with Crippen molar-refractivity contribution < 1.29 is 4.84 Å². The molecule has 70 valence electrons. The summed E-state index contributed by atoms with van der Waals surface area (Å²) in [5.41, 5.74) is 1.00. The zero-order valence-electron chi connectivity index (χ0n) is 8.42. The third kappa shape index (κ3) is 3.22. The zero-order chi connectivity index (χ0) is 9.19. The van der Waals surface area contributed by atoms with Gasteiger partial charge in [-0.1, -0.05) is 5.16 Å². The summed E-state index contributed by atoms with van der Waals surface area (Å²) in [6.07, 6.45) is 1.05. The molecule has 1 saturated heterocycles. The zero-order valence-corrected chi connectivity index (χ0v) is 8.42. The average molecular weight is 170 g/mol. The predicted octanol–water partition coefficient (Wildman–Crippen LogP) is 1.49. The quantitative estimate of drug-likeness (QED) is 0.557. The van der Waals surface area contributed by atoms with Crippen molar-refractivity contribution in [3.05, 3.63) is 0 Å². The molecule has 0 saturated carbocycles. The number of likely N-dealkylation sites (tertiary alicyclic amines) is 1. The minimum atomic E-state index is -0.159. The normalized spacial score (nSPS) is 23.5. The van der Waals surface area contributed by atoms with E-state index < -0.39 is 0 Å². The van der Waals surface area contributed by atoms with Gasteiger partial charge in [0.1, 0.15) is 5.60 Å². The van der Waals surface area contributed by atoms with E-state index >= 15 is 0 Å². The Bertz CT molecular complexity index is 181. The molecular formula is C9H18N2O. The van der Waals surface area contributed by atoms with E-state index in [1.807, 2.05) is 20.8 Å². The molecule has 0 bridgehead atoms. The lowest BCUT2D eigenvalue weighted by molar-refractivity contribution is 0.000485. The molecule has 0 amide bonds. The number of hydrogen-bond acceptors (Lipinski definition) is 3. The first kappa shape index (κ1) is 9.52. The van der Waals surface area contributed by atoms with Crippen LogP contribution in [0.4, 0.5) is 0 Å². The molecule has 0 aliphatic carbocycles. The molecule has 0 N–H and O–H groups in total. The van der Waals surface area contributed by atoms with Gasteiger partial charge in [0, 0.05) is 19.5 Å². The second kappa shape index (κ2) is 3.44. The first-order valence-corrected chi connectivity index (χ1v) is 4.40. The fourth-order valence-electron chi connectivity index (χ4n) is 1.07. The highest BCUT2D eigenvalue weighted by Crippen LogP contribution is 2.10. The third-order valence-corrected chi connectivity index (χ3v) is 1.68. The van der Waals surface area contributed by atoms with Crippen molar-refractivity contribution in [1.29, 1.82) is 0 Å². The summed E-state index contributed by atoms with van der Waals surface area (Å²) >= 11 is 0. The van der Waals surface area contributed by atoms with Gasteiger partial charge in [0.15, 0.2) is 0 Å². The molecule has 0 aromatic rings. The van der Waals surface area contributed by atoms with Crippen LogP contribution in [0.2, 0.25) is 0 Å². The first-order valence-electron chi connectivity index (χ1n) is 4.40. The van der Waals surface area contributed by atoms with Crippen molar-refractivity contribution in [2.45, 2.75) is 32.8 Å². The van der Waals surface area contributed by atoms with E-state index in [2.05, 4.69) is 17.1 Å². The van der Waals surface area contributed by atoms with Crippen molar-refractivity contribution in [3.63, 3.8) is 0 Å². The van der Waals surface area contributed by atoms with Gasteiger partial charge in [-0.05, 0) is 27.8 Å². The highest BCUT2D eigenvalue weighted by molar-refractivity contribution is 5.87. The minimum absolute atomic E-state index is 0.159. The van der Waals surface area contributed by atoms with Gasteiger partial charge >= 0.3 is 0 Å². The van der Waals surface area contributed by atoms with E-state index in [1.165, 1.54) is 0 Å². The molecule has 0 aromatic carbocycles. The molecular weight excluding hydrogens is 152 g/mol. The summed E-state index contributed by atoms with van der Waals surface area (Å²) < 4.78 is 0. The van der Waals surface area contributed by atoms with Crippen LogP contribution in [0, 0.1) is 0 Å². The van der Waals surface area contributed by atoms with E-state index in [0.29, 0.717) is 0 Å². The Morgan fingerprint density at radius 3 is 2.50 bits per heavy atom. The molecule has 0 radical (unpaired) electrons. The van der Waals surface area contributed by atoms with Gasteiger partial charge in [0.2, 0.25) is 0 Å². The van der Waals surface area contributed by atoms with Crippen molar-refractivity contribution in [3.8, 4) is 0 Å². The minimum Gasteiger partial charge on any atom is -0.390 e. The van der Waals surface area contributed by atoms with Gasteiger partial charge in [-0.15, -0.1) is 0 Å².